The molecule has 8 nitrogen and oxygen atoms in total. The van der Waals surface area contributed by atoms with Gasteiger partial charge < -0.3 is 19.9 Å². The van der Waals surface area contributed by atoms with Gasteiger partial charge in [0.2, 0.25) is 5.91 Å². The zero-order valence-corrected chi connectivity index (χ0v) is 20.2. The lowest BCUT2D eigenvalue weighted by Crippen LogP contribution is -2.28. The number of thioether (sulfide) groups is 1. The van der Waals surface area contributed by atoms with Crippen LogP contribution < -0.4 is 15.4 Å². The second-order valence-electron chi connectivity index (χ2n) is 7.08. The second kappa shape index (κ2) is 11.7. The Morgan fingerprint density at radius 1 is 1.09 bits per heavy atom. The number of aromatic nitrogens is 3. The Bertz CT molecular complexity index is 1090. The summed E-state index contributed by atoms with van der Waals surface area (Å²) in [5.41, 5.74) is 1.20. The van der Waals surface area contributed by atoms with Crippen molar-refractivity contribution in [3.63, 3.8) is 0 Å². The first-order valence-corrected chi connectivity index (χ1v) is 11.9. The highest BCUT2D eigenvalue weighted by Crippen LogP contribution is 2.22. The Morgan fingerprint density at radius 2 is 1.79 bits per heavy atom. The van der Waals surface area contributed by atoms with Crippen LogP contribution in [0.25, 0.3) is 0 Å². The Kier molecular flexibility index (Phi) is 8.73. The van der Waals surface area contributed by atoms with Crippen molar-refractivity contribution in [3.05, 3.63) is 64.9 Å². The van der Waals surface area contributed by atoms with E-state index < -0.39 is 0 Å². The molecule has 3 aromatic rings. The van der Waals surface area contributed by atoms with E-state index in [1.807, 2.05) is 37.5 Å². The summed E-state index contributed by atoms with van der Waals surface area (Å²) >= 11 is 7.18. The van der Waals surface area contributed by atoms with E-state index in [9.17, 15) is 9.59 Å². The van der Waals surface area contributed by atoms with Gasteiger partial charge in [0, 0.05) is 22.8 Å². The predicted molar refractivity (Wildman–Crippen MR) is 130 cm³/mol. The number of carbonyl (C=O) groups excluding carboxylic acids is 2. The molecule has 0 radical (unpaired) electrons. The third-order valence-corrected chi connectivity index (χ3v) is 5.90. The van der Waals surface area contributed by atoms with Gasteiger partial charge in [-0.25, -0.2) is 0 Å². The third-order valence-electron chi connectivity index (χ3n) is 4.68. The van der Waals surface area contributed by atoms with E-state index in [-0.39, 0.29) is 23.6 Å². The molecule has 2 aromatic carbocycles. The van der Waals surface area contributed by atoms with Gasteiger partial charge in [-0.2, -0.15) is 0 Å². The molecule has 0 unspecified atom stereocenters. The molecule has 33 heavy (non-hydrogen) atoms. The highest BCUT2D eigenvalue weighted by molar-refractivity contribution is 7.99. The Balaban J connectivity index is 1.58. The average Bonchev–Trinajstić information content (AvgIpc) is 3.22. The third kappa shape index (κ3) is 6.72. The van der Waals surface area contributed by atoms with Crippen molar-refractivity contribution >= 4 is 40.9 Å². The summed E-state index contributed by atoms with van der Waals surface area (Å²) in [6.07, 6.45) is 0. The molecule has 0 aliphatic heterocycles. The molecule has 0 spiro atoms. The first-order chi connectivity index (χ1) is 15.9. The van der Waals surface area contributed by atoms with E-state index in [2.05, 4.69) is 20.8 Å². The maximum Gasteiger partial charge on any atom is 0.251 e. The molecule has 174 valence electrons. The molecular formula is C23H26ClN5O3S. The summed E-state index contributed by atoms with van der Waals surface area (Å²) in [7, 11) is 0. The standard InChI is InChI=1S/C23H26ClN5O3S/c1-4-29-21(15(3)25-22(31)16-6-8-17(24)9-7-16)27-28-23(29)33-14-20(30)26-18-10-12-19(13-11-18)32-5-2/h6-13,15H,4-5,14H2,1-3H3,(H,25,31)(H,26,30)/t15-/m1/s1. The van der Waals surface area contributed by atoms with Gasteiger partial charge in [-0.1, -0.05) is 23.4 Å². The molecule has 3 rings (SSSR count). The van der Waals surface area contributed by atoms with Crippen LogP contribution in [0.1, 0.15) is 43.0 Å². The summed E-state index contributed by atoms with van der Waals surface area (Å²) in [6, 6.07) is 13.5. The molecule has 0 bridgehead atoms. The van der Waals surface area contributed by atoms with Crippen molar-refractivity contribution in [2.45, 2.75) is 38.5 Å². The van der Waals surface area contributed by atoms with Crippen LogP contribution in [0.2, 0.25) is 5.02 Å². The zero-order chi connectivity index (χ0) is 23.8. The van der Waals surface area contributed by atoms with Gasteiger partial charge in [-0.3, -0.25) is 9.59 Å². The fraction of sp³-hybridized carbons (Fsp3) is 0.304. The molecule has 0 aliphatic carbocycles. The Labute approximate surface area is 202 Å². The second-order valence-corrected chi connectivity index (χ2v) is 8.46. The van der Waals surface area contributed by atoms with Crippen LogP contribution in [0.15, 0.2) is 53.7 Å². The lowest BCUT2D eigenvalue weighted by Gasteiger charge is -2.15. The number of nitrogens with one attached hydrogen (secondary N) is 2. The lowest BCUT2D eigenvalue weighted by molar-refractivity contribution is -0.113. The molecule has 2 N–H and O–H groups in total. The Morgan fingerprint density at radius 3 is 2.42 bits per heavy atom. The quantitative estimate of drug-likeness (QED) is 0.406. The van der Waals surface area contributed by atoms with Crippen LogP contribution in [0, 0.1) is 0 Å². The SMILES string of the molecule is CCOc1ccc(NC(=O)CSc2nnc([C@@H](C)NC(=O)c3ccc(Cl)cc3)n2CC)cc1. The molecule has 0 aliphatic rings. The van der Waals surface area contributed by atoms with E-state index in [0.29, 0.717) is 40.4 Å². The molecular weight excluding hydrogens is 462 g/mol. The van der Waals surface area contributed by atoms with Crippen LogP contribution in [0.4, 0.5) is 5.69 Å². The summed E-state index contributed by atoms with van der Waals surface area (Å²) in [4.78, 5) is 24.9. The molecule has 1 atom stereocenters. The molecule has 0 fully saturated rings. The van der Waals surface area contributed by atoms with E-state index >= 15 is 0 Å². The van der Waals surface area contributed by atoms with E-state index in [1.54, 1.807) is 36.4 Å². The van der Waals surface area contributed by atoms with Crippen molar-refractivity contribution in [3.8, 4) is 5.75 Å². The minimum absolute atomic E-state index is 0.152. The van der Waals surface area contributed by atoms with Crippen LogP contribution in [0.5, 0.6) is 5.75 Å². The van der Waals surface area contributed by atoms with Crippen LogP contribution >= 0.6 is 23.4 Å². The van der Waals surface area contributed by atoms with Crippen molar-refractivity contribution in [2.24, 2.45) is 0 Å². The summed E-state index contributed by atoms with van der Waals surface area (Å²) < 4.78 is 7.30. The van der Waals surface area contributed by atoms with E-state index in [0.717, 1.165) is 5.75 Å². The smallest absolute Gasteiger partial charge is 0.251 e. The topological polar surface area (TPSA) is 98.1 Å². The van der Waals surface area contributed by atoms with Crippen molar-refractivity contribution in [1.29, 1.82) is 0 Å². The fourth-order valence-electron chi connectivity index (χ4n) is 3.10. The highest BCUT2D eigenvalue weighted by atomic mass is 35.5. The molecule has 2 amide bonds. The highest BCUT2D eigenvalue weighted by Gasteiger charge is 2.20. The van der Waals surface area contributed by atoms with Gasteiger partial charge in [0.05, 0.1) is 18.4 Å². The normalized spacial score (nSPS) is 11.6. The molecule has 0 saturated heterocycles. The number of carbonyl (C=O) groups is 2. The number of rotatable bonds is 10. The monoisotopic (exact) mass is 487 g/mol. The van der Waals surface area contributed by atoms with Gasteiger partial charge in [0.1, 0.15) is 5.75 Å². The lowest BCUT2D eigenvalue weighted by atomic mass is 10.2. The molecule has 0 saturated carbocycles. The van der Waals surface area contributed by atoms with Crippen LogP contribution in [-0.4, -0.2) is 38.9 Å². The fourth-order valence-corrected chi connectivity index (χ4v) is 4.03. The number of hydrogen-bond acceptors (Lipinski definition) is 6. The van der Waals surface area contributed by atoms with Crippen molar-refractivity contribution in [2.75, 3.05) is 17.7 Å². The summed E-state index contributed by atoms with van der Waals surface area (Å²) in [6.45, 7) is 6.92. The number of ether oxygens (including phenoxy) is 1. The van der Waals surface area contributed by atoms with Gasteiger partial charge >= 0.3 is 0 Å². The summed E-state index contributed by atoms with van der Waals surface area (Å²) in [5, 5.41) is 15.4. The zero-order valence-electron chi connectivity index (χ0n) is 18.7. The van der Waals surface area contributed by atoms with E-state index in [4.69, 9.17) is 16.3 Å². The van der Waals surface area contributed by atoms with Crippen molar-refractivity contribution in [1.82, 2.24) is 20.1 Å². The van der Waals surface area contributed by atoms with Gasteiger partial charge in [-0.05, 0) is 69.3 Å². The molecule has 1 heterocycles. The molecule has 1 aromatic heterocycles. The van der Waals surface area contributed by atoms with Crippen molar-refractivity contribution < 1.29 is 14.3 Å². The molecule has 10 heteroatoms. The van der Waals surface area contributed by atoms with E-state index in [1.165, 1.54) is 11.8 Å². The number of benzene rings is 2. The number of hydrogen-bond donors (Lipinski definition) is 2. The van der Waals surface area contributed by atoms with Gasteiger partial charge in [0.25, 0.3) is 5.91 Å². The average molecular weight is 488 g/mol. The maximum absolute atomic E-state index is 12.5. The van der Waals surface area contributed by atoms with Gasteiger partial charge in [-0.15, -0.1) is 10.2 Å². The Hall–Kier alpha value is -3.04. The minimum Gasteiger partial charge on any atom is -0.494 e. The van der Waals surface area contributed by atoms with Crippen LogP contribution in [0.3, 0.4) is 0 Å². The number of halogens is 1. The van der Waals surface area contributed by atoms with Gasteiger partial charge in [0.15, 0.2) is 11.0 Å². The predicted octanol–water partition coefficient (Wildman–Crippen LogP) is 4.57. The maximum atomic E-state index is 12.5. The summed E-state index contributed by atoms with van der Waals surface area (Å²) in [5.74, 6) is 1.17. The number of amides is 2. The number of nitrogens with zero attached hydrogens (tertiary/aromatic N) is 3. The first-order valence-electron chi connectivity index (χ1n) is 10.6. The number of anilines is 1. The largest absolute Gasteiger partial charge is 0.494 e. The minimum atomic E-state index is -0.368. The van der Waals surface area contributed by atoms with Crippen LogP contribution in [-0.2, 0) is 11.3 Å². The first kappa shape index (κ1) is 24.6.